The number of carbonyl (C=O) groups is 2. The van der Waals surface area contributed by atoms with Crippen LogP contribution >= 0.6 is 0 Å². The van der Waals surface area contributed by atoms with Gasteiger partial charge in [-0.25, -0.2) is 9.59 Å². The topological polar surface area (TPSA) is 96.3 Å². The van der Waals surface area contributed by atoms with Crippen molar-refractivity contribution in [2.45, 2.75) is 39.5 Å². The molecule has 1 aromatic rings. The first-order valence-corrected chi connectivity index (χ1v) is 9.11. The second kappa shape index (κ2) is 10.9. The molecule has 1 aliphatic rings. The van der Waals surface area contributed by atoms with Gasteiger partial charge in [0, 0.05) is 19.6 Å². The van der Waals surface area contributed by atoms with Crippen molar-refractivity contribution in [2.24, 2.45) is 0 Å². The molecule has 7 nitrogen and oxygen atoms in total. The lowest BCUT2D eigenvalue weighted by atomic mass is 9.86. The zero-order valence-corrected chi connectivity index (χ0v) is 16.7. The monoisotopic (exact) mass is 381 g/mol. The zero-order valence-electron chi connectivity index (χ0n) is 16.7. The Morgan fingerprint density at radius 1 is 1.15 bits per heavy atom. The van der Waals surface area contributed by atoms with E-state index in [1.54, 1.807) is 0 Å². The van der Waals surface area contributed by atoms with Gasteiger partial charge in [0.2, 0.25) is 0 Å². The van der Waals surface area contributed by atoms with Crippen molar-refractivity contribution >= 4 is 11.9 Å². The second-order valence-electron chi connectivity index (χ2n) is 7.50. The zero-order chi connectivity index (χ0) is 20.4. The summed E-state index contributed by atoms with van der Waals surface area (Å²) in [4.78, 5) is 20.6. The van der Waals surface area contributed by atoms with E-state index in [1.807, 2.05) is 0 Å². The summed E-state index contributed by atoms with van der Waals surface area (Å²) in [6, 6.07) is 6.55. The molecule has 0 saturated carbocycles. The molecule has 0 radical (unpaired) electrons. The summed E-state index contributed by atoms with van der Waals surface area (Å²) < 4.78 is 11.3. The Morgan fingerprint density at radius 2 is 1.74 bits per heavy atom. The highest BCUT2D eigenvalue weighted by atomic mass is 16.5. The van der Waals surface area contributed by atoms with Crippen molar-refractivity contribution in [1.82, 2.24) is 4.90 Å². The molecule has 7 heteroatoms. The van der Waals surface area contributed by atoms with Crippen LogP contribution in [0.3, 0.4) is 0 Å². The number of rotatable bonds is 5. The molecule has 0 bridgehead atoms. The number of ether oxygens (including phenoxy) is 2. The van der Waals surface area contributed by atoms with E-state index in [4.69, 9.17) is 29.3 Å². The normalized spacial score (nSPS) is 14.8. The van der Waals surface area contributed by atoms with Crippen LogP contribution in [0.5, 0.6) is 5.75 Å². The molecule has 152 valence electrons. The van der Waals surface area contributed by atoms with Crippen molar-refractivity contribution in [2.75, 3.05) is 39.5 Å². The highest BCUT2D eigenvalue weighted by Crippen LogP contribution is 2.27. The largest absolute Gasteiger partial charge is 0.493 e. The Balaban J connectivity index is 0.000000527. The maximum atomic E-state index is 9.10. The Bertz CT molecular complexity index is 605. The molecule has 27 heavy (non-hydrogen) atoms. The molecule has 2 N–H and O–H groups in total. The van der Waals surface area contributed by atoms with E-state index >= 15 is 0 Å². The lowest BCUT2D eigenvalue weighted by Crippen LogP contribution is -2.37. The standard InChI is InChI=1S/C18H29NO2.C2H2O4/c1-15-14-16(18(2,3)4)6-7-17(15)21-11-5-8-19-9-12-20-13-10-19;3-1(4)2(5)6/h6-7,14H,5,8-13H2,1-4H3;(H,3,4)(H,5,6). The average molecular weight is 381 g/mol. The molecule has 0 unspecified atom stereocenters. The van der Waals surface area contributed by atoms with E-state index in [-0.39, 0.29) is 5.41 Å². The van der Waals surface area contributed by atoms with Gasteiger partial charge in [0.15, 0.2) is 0 Å². The Kier molecular flexibility index (Phi) is 9.25. The van der Waals surface area contributed by atoms with Gasteiger partial charge >= 0.3 is 11.9 Å². The van der Waals surface area contributed by atoms with Crippen LogP contribution in [-0.2, 0) is 19.7 Å². The molecule has 0 atom stereocenters. The molecule has 1 fully saturated rings. The fourth-order valence-electron chi connectivity index (χ4n) is 2.57. The van der Waals surface area contributed by atoms with E-state index in [0.29, 0.717) is 0 Å². The first kappa shape index (κ1) is 22.9. The number of carboxylic acids is 2. The van der Waals surface area contributed by atoms with Crippen molar-refractivity contribution in [3.05, 3.63) is 29.3 Å². The molecule has 0 aromatic heterocycles. The number of aliphatic carboxylic acids is 2. The number of carboxylic acid groups (broad SMARTS) is 2. The van der Waals surface area contributed by atoms with Crippen LogP contribution in [0.15, 0.2) is 18.2 Å². The third kappa shape index (κ3) is 8.88. The molecule has 1 aromatic carbocycles. The summed E-state index contributed by atoms with van der Waals surface area (Å²) >= 11 is 0. The van der Waals surface area contributed by atoms with Gasteiger partial charge in [0.05, 0.1) is 19.8 Å². The SMILES string of the molecule is Cc1cc(C(C)(C)C)ccc1OCCCN1CCOCC1.O=C(O)C(=O)O. The van der Waals surface area contributed by atoms with Crippen LogP contribution in [0.4, 0.5) is 0 Å². The summed E-state index contributed by atoms with van der Waals surface area (Å²) in [5, 5.41) is 14.8. The van der Waals surface area contributed by atoms with Crippen LogP contribution in [0.2, 0.25) is 0 Å². The van der Waals surface area contributed by atoms with E-state index in [9.17, 15) is 0 Å². The van der Waals surface area contributed by atoms with Gasteiger partial charge in [-0.1, -0.05) is 32.9 Å². The summed E-state index contributed by atoms with van der Waals surface area (Å²) in [5.74, 6) is -2.63. The van der Waals surface area contributed by atoms with E-state index < -0.39 is 11.9 Å². The molecule has 0 amide bonds. The molecule has 2 rings (SSSR count). The molecule has 1 heterocycles. The predicted octanol–water partition coefficient (Wildman–Crippen LogP) is 2.55. The minimum atomic E-state index is -1.82. The van der Waals surface area contributed by atoms with Crippen LogP contribution in [0.1, 0.15) is 38.3 Å². The first-order valence-electron chi connectivity index (χ1n) is 9.11. The van der Waals surface area contributed by atoms with Crippen molar-refractivity contribution in [3.63, 3.8) is 0 Å². The number of hydrogen-bond acceptors (Lipinski definition) is 5. The van der Waals surface area contributed by atoms with Gasteiger partial charge in [-0.15, -0.1) is 0 Å². The summed E-state index contributed by atoms with van der Waals surface area (Å²) in [5.41, 5.74) is 2.79. The maximum absolute atomic E-state index is 9.10. The van der Waals surface area contributed by atoms with E-state index in [2.05, 4.69) is 50.8 Å². The Labute approximate surface area is 160 Å². The fourth-order valence-corrected chi connectivity index (χ4v) is 2.57. The van der Waals surface area contributed by atoms with Gasteiger partial charge in [-0.05, 0) is 36.0 Å². The summed E-state index contributed by atoms with van der Waals surface area (Å²) in [6.45, 7) is 14.6. The average Bonchev–Trinajstić information content (AvgIpc) is 2.60. The highest BCUT2D eigenvalue weighted by molar-refractivity contribution is 6.27. The highest BCUT2D eigenvalue weighted by Gasteiger charge is 2.15. The van der Waals surface area contributed by atoms with Crippen molar-refractivity contribution in [1.29, 1.82) is 0 Å². The molecular weight excluding hydrogens is 350 g/mol. The molecule has 1 aliphatic heterocycles. The lowest BCUT2D eigenvalue weighted by Gasteiger charge is -2.26. The van der Waals surface area contributed by atoms with Crippen LogP contribution in [-0.4, -0.2) is 66.5 Å². The van der Waals surface area contributed by atoms with Gasteiger partial charge in [0.25, 0.3) is 0 Å². The first-order chi connectivity index (χ1) is 12.6. The Morgan fingerprint density at radius 3 is 2.22 bits per heavy atom. The molecule has 0 spiro atoms. The number of hydrogen-bond donors (Lipinski definition) is 2. The summed E-state index contributed by atoms with van der Waals surface area (Å²) in [7, 11) is 0. The van der Waals surface area contributed by atoms with Crippen LogP contribution in [0.25, 0.3) is 0 Å². The molecular formula is C20H31NO6. The Hall–Kier alpha value is -2.12. The van der Waals surface area contributed by atoms with E-state index in [0.717, 1.165) is 51.6 Å². The van der Waals surface area contributed by atoms with Crippen LogP contribution < -0.4 is 4.74 Å². The molecule has 0 aliphatic carbocycles. The maximum Gasteiger partial charge on any atom is 0.414 e. The van der Waals surface area contributed by atoms with Gasteiger partial charge < -0.3 is 19.7 Å². The van der Waals surface area contributed by atoms with Gasteiger partial charge in [-0.3, -0.25) is 4.90 Å². The third-order valence-corrected chi connectivity index (χ3v) is 4.20. The smallest absolute Gasteiger partial charge is 0.414 e. The van der Waals surface area contributed by atoms with Gasteiger partial charge in [0.1, 0.15) is 5.75 Å². The minimum Gasteiger partial charge on any atom is -0.493 e. The second-order valence-corrected chi connectivity index (χ2v) is 7.50. The number of morpholine rings is 1. The van der Waals surface area contributed by atoms with Gasteiger partial charge in [-0.2, -0.15) is 0 Å². The minimum absolute atomic E-state index is 0.194. The third-order valence-electron chi connectivity index (χ3n) is 4.20. The predicted molar refractivity (Wildman–Crippen MR) is 103 cm³/mol. The lowest BCUT2D eigenvalue weighted by molar-refractivity contribution is -0.159. The molecule has 1 saturated heterocycles. The number of aryl methyl sites for hydroxylation is 1. The van der Waals surface area contributed by atoms with Crippen molar-refractivity contribution < 1.29 is 29.3 Å². The number of nitrogens with zero attached hydrogens (tertiary/aromatic N) is 1. The van der Waals surface area contributed by atoms with Crippen LogP contribution in [0, 0.1) is 6.92 Å². The van der Waals surface area contributed by atoms with Crippen molar-refractivity contribution in [3.8, 4) is 5.75 Å². The van der Waals surface area contributed by atoms with E-state index in [1.165, 1.54) is 11.1 Å². The number of benzene rings is 1. The summed E-state index contributed by atoms with van der Waals surface area (Å²) in [6.07, 6.45) is 1.07. The quantitative estimate of drug-likeness (QED) is 0.598. The fraction of sp³-hybridized carbons (Fsp3) is 0.600.